The van der Waals surface area contributed by atoms with Crippen molar-refractivity contribution in [1.82, 2.24) is 4.90 Å². The highest BCUT2D eigenvalue weighted by Crippen LogP contribution is 2.20. The van der Waals surface area contributed by atoms with Crippen molar-refractivity contribution < 1.29 is 0 Å². The van der Waals surface area contributed by atoms with Crippen molar-refractivity contribution in [1.29, 1.82) is 5.41 Å². The van der Waals surface area contributed by atoms with Crippen LogP contribution in [0.1, 0.15) is 4.88 Å². The molecule has 72 valence electrons. The predicted octanol–water partition coefficient (Wildman–Crippen LogP) is 1.88. The van der Waals surface area contributed by atoms with Gasteiger partial charge >= 0.3 is 0 Å². The fourth-order valence-electron chi connectivity index (χ4n) is 1.05. The molecule has 1 aromatic rings. The quantitative estimate of drug-likeness (QED) is 0.643. The van der Waals surface area contributed by atoms with Gasteiger partial charge < -0.3 is 5.73 Å². The summed E-state index contributed by atoms with van der Waals surface area (Å²) in [5.74, 6) is 0.207. The molecule has 0 saturated carbocycles. The van der Waals surface area contributed by atoms with E-state index >= 15 is 0 Å². The van der Waals surface area contributed by atoms with Crippen LogP contribution in [-0.4, -0.2) is 24.3 Å². The van der Waals surface area contributed by atoms with Crippen molar-refractivity contribution >= 4 is 33.1 Å². The summed E-state index contributed by atoms with van der Waals surface area (Å²) in [5.41, 5.74) is 5.29. The Morgan fingerprint density at radius 2 is 2.46 bits per heavy atom. The third-order valence-electron chi connectivity index (χ3n) is 1.49. The standard InChI is InChI=1S/C8H12BrN3S/c1-12(4-8(10)11)3-7-2-6(9)5-13-7/h2,5H,3-4H2,1H3,(H3,10,11). The number of amidine groups is 1. The lowest BCUT2D eigenvalue weighted by Crippen LogP contribution is -2.29. The zero-order valence-electron chi connectivity index (χ0n) is 7.38. The Bertz CT molecular complexity index is 297. The summed E-state index contributed by atoms with van der Waals surface area (Å²) in [6.07, 6.45) is 0. The molecule has 13 heavy (non-hydrogen) atoms. The number of rotatable bonds is 4. The van der Waals surface area contributed by atoms with Crippen LogP contribution >= 0.6 is 27.3 Å². The largest absolute Gasteiger partial charge is 0.387 e. The summed E-state index contributed by atoms with van der Waals surface area (Å²) in [4.78, 5) is 3.29. The second-order valence-corrected chi connectivity index (χ2v) is 4.84. The van der Waals surface area contributed by atoms with Crippen molar-refractivity contribution in [2.45, 2.75) is 6.54 Å². The van der Waals surface area contributed by atoms with Gasteiger partial charge in [0.25, 0.3) is 0 Å². The van der Waals surface area contributed by atoms with Crippen molar-refractivity contribution in [2.75, 3.05) is 13.6 Å². The van der Waals surface area contributed by atoms with Crippen LogP contribution < -0.4 is 5.73 Å². The first-order valence-corrected chi connectivity index (χ1v) is 5.49. The molecule has 5 heteroatoms. The summed E-state index contributed by atoms with van der Waals surface area (Å²) in [6, 6.07) is 2.08. The number of nitrogens with one attached hydrogen (secondary N) is 1. The van der Waals surface area contributed by atoms with Gasteiger partial charge in [0.15, 0.2) is 0 Å². The van der Waals surface area contributed by atoms with Crippen LogP contribution in [0.3, 0.4) is 0 Å². The molecule has 0 unspecified atom stereocenters. The topological polar surface area (TPSA) is 53.1 Å². The van der Waals surface area contributed by atoms with E-state index in [-0.39, 0.29) is 5.84 Å². The van der Waals surface area contributed by atoms with E-state index in [0.717, 1.165) is 11.0 Å². The van der Waals surface area contributed by atoms with E-state index in [9.17, 15) is 0 Å². The van der Waals surface area contributed by atoms with Crippen molar-refractivity contribution in [2.24, 2.45) is 5.73 Å². The zero-order chi connectivity index (χ0) is 9.84. The molecular formula is C8H12BrN3S. The van der Waals surface area contributed by atoms with E-state index in [2.05, 4.69) is 27.4 Å². The molecule has 0 radical (unpaired) electrons. The normalized spacial score (nSPS) is 10.7. The minimum atomic E-state index is 0.207. The summed E-state index contributed by atoms with van der Waals surface area (Å²) in [7, 11) is 1.95. The lowest BCUT2D eigenvalue weighted by atomic mass is 10.4. The van der Waals surface area contributed by atoms with Crippen LogP contribution in [0.4, 0.5) is 0 Å². The Morgan fingerprint density at radius 3 is 2.92 bits per heavy atom. The van der Waals surface area contributed by atoms with Crippen LogP contribution in [0, 0.1) is 5.41 Å². The number of halogens is 1. The Balaban J connectivity index is 2.44. The molecule has 1 aromatic heterocycles. The lowest BCUT2D eigenvalue weighted by molar-refractivity contribution is 0.376. The molecule has 0 aliphatic carbocycles. The number of nitrogens with zero attached hydrogens (tertiary/aromatic N) is 1. The minimum Gasteiger partial charge on any atom is -0.387 e. The number of thiophene rings is 1. The van der Waals surface area contributed by atoms with Crippen molar-refractivity contribution in [3.05, 3.63) is 20.8 Å². The number of hydrogen-bond donors (Lipinski definition) is 2. The molecule has 1 heterocycles. The number of hydrogen-bond acceptors (Lipinski definition) is 3. The van der Waals surface area contributed by atoms with Crippen molar-refractivity contribution in [3.63, 3.8) is 0 Å². The molecule has 3 nitrogen and oxygen atoms in total. The maximum atomic E-state index is 7.13. The smallest absolute Gasteiger partial charge is 0.105 e. The first-order valence-electron chi connectivity index (χ1n) is 3.82. The molecule has 0 aliphatic heterocycles. The fraction of sp³-hybridized carbons (Fsp3) is 0.375. The van der Waals surface area contributed by atoms with Gasteiger partial charge in [-0.3, -0.25) is 10.3 Å². The Hall–Kier alpha value is -0.390. The van der Waals surface area contributed by atoms with Gasteiger partial charge in [0, 0.05) is 21.3 Å². The molecule has 0 spiro atoms. The van der Waals surface area contributed by atoms with Gasteiger partial charge in [-0.15, -0.1) is 11.3 Å². The molecular weight excluding hydrogens is 250 g/mol. The Kier molecular flexibility index (Phi) is 3.90. The molecule has 0 fully saturated rings. The van der Waals surface area contributed by atoms with Gasteiger partial charge in [0.05, 0.1) is 6.54 Å². The molecule has 0 aromatic carbocycles. The molecule has 0 aliphatic rings. The third-order valence-corrected chi connectivity index (χ3v) is 3.17. The molecule has 1 rings (SSSR count). The second kappa shape index (κ2) is 4.74. The first kappa shape index (κ1) is 10.7. The highest BCUT2D eigenvalue weighted by Gasteiger charge is 2.03. The highest BCUT2D eigenvalue weighted by atomic mass is 79.9. The fourth-order valence-corrected chi connectivity index (χ4v) is 2.58. The summed E-state index contributed by atoms with van der Waals surface area (Å²) < 4.78 is 1.11. The van der Waals surface area contributed by atoms with Gasteiger partial charge in [-0.25, -0.2) is 0 Å². The predicted molar refractivity (Wildman–Crippen MR) is 60.3 cm³/mol. The van der Waals surface area contributed by atoms with Crippen LogP contribution in [-0.2, 0) is 6.54 Å². The van der Waals surface area contributed by atoms with Gasteiger partial charge in [0.1, 0.15) is 5.84 Å². The van der Waals surface area contributed by atoms with Crippen LogP contribution in [0.25, 0.3) is 0 Å². The molecule has 0 atom stereocenters. The third kappa shape index (κ3) is 3.89. The highest BCUT2D eigenvalue weighted by molar-refractivity contribution is 9.10. The lowest BCUT2D eigenvalue weighted by Gasteiger charge is -2.13. The molecule has 3 N–H and O–H groups in total. The van der Waals surface area contributed by atoms with Gasteiger partial charge in [-0.1, -0.05) is 0 Å². The van der Waals surface area contributed by atoms with E-state index in [0.29, 0.717) is 6.54 Å². The van der Waals surface area contributed by atoms with Gasteiger partial charge in [-0.2, -0.15) is 0 Å². The zero-order valence-corrected chi connectivity index (χ0v) is 9.78. The Morgan fingerprint density at radius 1 is 1.77 bits per heavy atom. The Labute approximate surface area is 90.2 Å². The molecule has 0 bridgehead atoms. The first-order chi connectivity index (χ1) is 6.08. The van der Waals surface area contributed by atoms with E-state index in [1.807, 2.05) is 11.9 Å². The van der Waals surface area contributed by atoms with Gasteiger partial charge in [0.2, 0.25) is 0 Å². The number of likely N-dealkylation sites (N-methyl/N-ethyl adjacent to an activating group) is 1. The monoisotopic (exact) mass is 261 g/mol. The van der Waals surface area contributed by atoms with Gasteiger partial charge in [-0.05, 0) is 29.0 Å². The van der Waals surface area contributed by atoms with Crippen LogP contribution in [0.15, 0.2) is 15.9 Å². The maximum absolute atomic E-state index is 7.13. The summed E-state index contributed by atoms with van der Waals surface area (Å²) >= 11 is 5.10. The number of nitrogens with two attached hydrogens (primary N) is 1. The minimum absolute atomic E-state index is 0.207. The second-order valence-electron chi connectivity index (χ2n) is 2.93. The molecule has 0 saturated heterocycles. The van der Waals surface area contributed by atoms with Crippen LogP contribution in [0.2, 0.25) is 0 Å². The summed E-state index contributed by atoms with van der Waals surface area (Å²) in [5, 5.41) is 9.18. The van der Waals surface area contributed by atoms with Crippen molar-refractivity contribution in [3.8, 4) is 0 Å². The SMILES string of the molecule is CN(CC(=N)N)Cc1cc(Br)cs1. The van der Waals surface area contributed by atoms with E-state index < -0.39 is 0 Å². The maximum Gasteiger partial charge on any atom is 0.105 e. The average molecular weight is 262 g/mol. The van der Waals surface area contributed by atoms with E-state index in [4.69, 9.17) is 11.1 Å². The average Bonchev–Trinajstić information content (AvgIpc) is 2.33. The van der Waals surface area contributed by atoms with Crippen LogP contribution in [0.5, 0.6) is 0 Å². The van der Waals surface area contributed by atoms with E-state index in [1.54, 1.807) is 11.3 Å². The van der Waals surface area contributed by atoms with E-state index in [1.165, 1.54) is 4.88 Å². The molecule has 0 amide bonds. The summed E-state index contributed by atoms with van der Waals surface area (Å²) in [6.45, 7) is 1.37.